The summed E-state index contributed by atoms with van der Waals surface area (Å²) >= 11 is 1.96. The predicted octanol–water partition coefficient (Wildman–Crippen LogP) is 1.81. The molecule has 1 aliphatic rings. The fourth-order valence-corrected chi connectivity index (χ4v) is 2.60. The van der Waals surface area contributed by atoms with Gasteiger partial charge in [0.25, 0.3) is 0 Å². The smallest absolute Gasteiger partial charge is 0.146 e. The highest BCUT2D eigenvalue weighted by atomic mass is 32.2. The lowest BCUT2D eigenvalue weighted by Gasteiger charge is -2.28. The van der Waals surface area contributed by atoms with Gasteiger partial charge in [0.1, 0.15) is 11.9 Å². The van der Waals surface area contributed by atoms with E-state index in [0.717, 1.165) is 41.5 Å². The van der Waals surface area contributed by atoms with Gasteiger partial charge in [0.05, 0.1) is 5.56 Å². The molecular formula is C11H13N3S. The first-order chi connectivity index (χ1) is 7.33. The Kier molecular flexibility index (Phi) is 3.12. The third-order valence-electron chi connectivity index (χ3n) is 2.56. The van der Waals surface area contributed by atoms with Gasteiger partial charge in [0, 0.05) is 30.8 Å². The number of hydrogen-bond acceptors (Lipinski definition) is 4. The van der Waals surface area contributed by atoms with Gasteiger partial charge in [-0.25, -0.2) is 4.98 Å². The van der Waals surface area contributed by atoms with Crippen LogP contribution in [0, 0.1) is 18.3 Å². The molecule has 0 unspecified atom stereocenters. The average molecular weight is 219 g/mol. The van der Waals surface area contributed by atoms with Crippen molar-refractivity contribution in [2.45, 2.75) is 6.92 Å². The van der Waals surface area contributed by atoms with E-state index in [0.29, 0.717) is 0 Å². The quantitative estimate of drug-likeness (QED) is 0.722. The summed E-state index contributed by atoms with van der Waals surface area (Å²) in [6, 6.07) is 4.14. The van der Waals surface area contributed by atoms with Crippen LogP contribution in [0.4, 0.5) is 5.82 Å². The number of nitriles is 1. The molecule has 0 saturated carbocycles. The maximum atomic E-state index is 9.11. The summed E-state index contributed by atoms with van der Waals surface area (Å²) in [5, 5.41) is 9.11. The number of pyridine rings is 1. The lowest BCUT2D eigenvalue weighted by molar-refractivity contribution is 0.836. The summed E-state index contributed by atoms with van der Waals surface area (Å²) in [6.45, 7) is 3.95. The number of rotatable bonds is 1. The first-order valence-corrected chi connectivity index (χ1v) is 6.17. The van der Waals surface area contributed by atoms with Crippen molar-refractivity contribution in [2.75, 3.05) is 29.5 Å². The molecule has 3 nitrogen and oxygen atoms in total. The molecule has 0 N–H and O–H groups in total. The van der Waals surface area contributed by atoms with Gasteiger partial charge in [0.2, 0.25) is 0 Å². The molecule has 0 radical (unpaired) electrons. The molecule has 0 spiro atoms. The molecule has 0 bridgehead atoms. The van der Waals surface area contributed by atoms with Crippen LogP contribution < -0.4 is 4.90 Å². The SMILES string of the molecule is Cc1ccnc(N2CCSCC2)c1C#N. The van der Waals surface area contributed by atoms with E-state index in [4.69, 9.17) is 5.26 Å². The van der Waals surface area contributed by atoms with Crippen LogP contribution in [0.3, 0.4) is 0 Å². The van der Waals surface area contributed by atoms with E-state index < -0.39 is 0 Å². The summed E-state index contributed by atoms with van der Waals surface area (Å²) < 4.78 is 0. The molecule has 1 saturated heterocycles. The molecule has 1 aliphatic heterocycles. The molecule has 1 aromatic heterocycles. The second-order valence-electron chi connectivity index (χ2n) is 3.54. The molecule has 2 rings (SSSR count). The zero-order valence-corrected chi connectivity index (χ0v) is 9.55. The number of hydrogen-bond donors (Lipinski definition) is 0. The van der Waals surface area contributed by atoms with Gasteiger partial charge in [-0.2, -0.15) is 17.0 Å². The van der Waals surface area contributed by atoms with Crippen molar-refractivity contribution in [1.82, 2.24) is 4.98 Å². The van der Waals surface area contributed by atoms with Gasteiger partial charge in [-0.05, 0) is 18.6 Å². The summed E-state index contributed by atoms with van der Waals surface area (Å²) in [6.07, 6.45) is 1.78. The number of aromatic nitrogens is 1. The van der Waals surface area contributed by atoms with Crippen LogP contribution in [0.25, 0.3) is 0 Å². The molecule has 78 valence electrons. The fraction of sp³-hybridized carbons (Fsp3) is 0.455. The van der Waals surface area contributed by atoms with Crippen molar-refractivity contribution in [3.05, 3.63) is 23.4 Å². The second kappa shape index (κ2) is 4.54. The summed E-state index contributed by atoms with van der Waals surface area (Å²) in [5.41, 5.74) is 1.74. The van der Waals surface area contributed by atoms with E-state index >= 15 is 0 Å². The zero-order valence-electron chi connectivity index (χ0n) is 8.73. The number of nitrogens with zero attached hydrogens (tertiary/aromatic N) is 3. The average Bonchev–Trinajstić information content (AvgIpc) is 2.30. The van der Waals surface area contributed by atoms with Crippen molar-refractivity contribution in [2.24, 2.45) is 0 Å². The third kappa shape index (κ3) is 2.07. The minimum Gasteiger partial charge on any atom is -0.354 e. The highest BCUT2D eigenvalue weighted by Crippen LogP contribution is 2.22. The largest absolute Gasteiger partial charge is 0.354 e. The molecule has 1 fully saturated rings. The number of anilines is 1. The Hall–Kier alpha value is -1.21. The predicted molar refractivity (Wildman–Crippen MR) is 63.2 cm³/mol. The highest BCUT2D eigenvalue weighted by molar-refractivity contribution is 7.99. The van der Waals surface area contributed by atoms with Crippen LogP contribution in [-0.4, -0.2) is 29.6 Å². The summed E-state index contributed by atoms with van der Waals surface area (Å²) in [5.74, 6) is 3.11. The molecule has 2 heterocycles. The Morgan fingerprint density at radius 3 is 2.87 bits per heavy atom. The summed E-state index contributed by atoms with van der Waals surface area (Å²) in [4.78, 5) is 6.54. The molecule has 4 heteroatoms. The minimum atomic E-state index is 0.726. The fourth-order valence-electron chi connectivity index (χ4n) is 1.70. The van der Waals surface area contributed by atoms with Crippen molar-refractivity contribution in [3.63, 3.8) is 0 Å². The van der Waals surface area contributed by atoms with Crippen molar-refractivity contribution in [3.8, 4) is 6.07 Å². The van der Waals surface area contributed by atoms with Crippen LogP contribution in [0.5, 0.6) is 0 Å². The Bertz CT molecular complexity index is 391. The third-order valence-corrected chi connectivity index (χ3v) is 3.50. The van der Waals surface area contributed by atoms with E-state index in [9.17, 15) is 0 Å². The standard InChI is InChI=1S/C11H13N3S/c1-9-2-3-13-11(10(9)8-12)14-4-6-15-7-5-14/h2-3H,4-7H2,1H3. The first-order valence-electron chi connectivity index (χ1n) is 5.01. The van der Waals surface area contributed by atoms with Crippen molar-refractivity contribution in [1.29, 1.82) is 5.26 Å². The van der Waals surface area contributed by atoms with Crippen LogP contribution in [0.1, 0.15) is 11.1 Å². The number of aryl methyl sites for hydroxylation is 1. The number of thioether (sulfide) groups is 1. The molecule has 1 aromatic rings. The molecule has 0 aliphatic carbocycles. The first kappa shape index (κ1) is 10.3. The second-order valence-corrected chi connectivity index (χ2v) is 4.76. The van der Waals surface area contributed by atoms with Gasteiger partial charge >= 0.3 is 0 Å². The molecule has 0 amide bonds. The maximum absolute atomic E-state index is 9.11. The van der Waals surface area contributed by atoms with Gasteiger partial charge < -0.3 is 4.90 Å². The Labute approximate surface area is 94.1 Å². The van der Waals surface area contributed by atoms with E-state index in [-0.39, 0.29) is 0 Å². The lowest BCUT2D eigenvalue weighted by atomic mass is 10.1. The lowest BCUT2D eigenvalue weighted by Crippen LogP contribution is -2.33. The van der Waals surface area contributed by atoms with Gasteiger partial charge in [-0.3, -0.25) is 0 Å². The topological polar surface area (TPSA) is 39.9 Å². The van der Waals surface area contributed by atoms with Crippen LogP contribution >= 0.6 is 11.8 Å². The molecule has 15 heavy (non-hydrogen) atoms. The molecule has 0 aromatic carbocycles. The van der Waals surface area contributed by atoms with E-state index in [1.165, 1.54) is 0 Å². The monoisotopic (exact) mass is 219 g/mol. The van der Waals surface area contributed by atoms with Gasteiger partial charge in [-0.15, -0.1) is 0 Å². The van der Waals surface area contributed by atoms with E-state index in [1.54, 1.807) is 6.20 Å². The van der Waals surface area contributed by atoms with Crippen LogP contribution in [0.15, 0.2) is 12.3 Å². The van der Waals surface area contributed by atoms with Crippen molar-refractivity contribution < 1.29 is 0 Å². The van der Waals surface area contributed by atoms with Gasteiger partial charge in [0.15, 0.2) is 0 Å². The Balaban J connectivity index is 2.34. The van der Waals surface area contributed by atoms with Crippen LogP contribution in [-0.2, 0) is 0 Å². The Morgan fingerprint density at radius 2 is 2.20 bits per heavy atom. The normalized spacial score (nSPS) is 16.1. The minimum absolute atomic E-state index is 0.726. The van der Waals surface area contributed by atoms with Crippen LogP contribution in [0.2, 0.25) is 0 Å². The Morgan fingerprint density at radius 1 is 1.47 bits per heavy atom. The molecular weight excluding hydrogens is 206 g/mol. The maximum Gasteiger partial charge on any atom is 0.146 e. The van der Waals surface area contributed by atoms with E-state index in [1.807, 2.05) is 24.8 Å². The highest BCUT2D eigenvalue weighted by Gasteiger charge is 2.16. The zero-order chi connectivity index (χ0) is 10.7. The summed E-state index contributed by atoms with van der Waals surface area (Å²) in [7, 11) is 0. The molecule has 0 atom stereocenters. The van der Waals surface area contributed by atoms with Crippen molar-refractivity contribution >= 4 is 17.6 Å². The van der Waals surface area contributed by atoms with E-state index in [2.05, 4.69) is 16.0 Å². The van der Waals surface area contributed by atoms with Gasteiger partial charge in [-0.1, -0.05) is 0 Å².